The zero-order valence-corrected chi connectivity index (χ0v) is 15.2. The lowest BCUT2D eigenvalue weighted by molar-refractivity contribution is 1.30. The van der Waals surface area contributed by atoms with Gasteiger partial charge in [-0.25, -0.2) is 9.97 Å². The summed E-state index contributed by atoms with van der Waals surface area (Å²) in [5.41, 5.74) is 5.70. The van der Waals surface area contributed by atoms with Crippen molar-refractivity contribution < 1.29 is 0 Å². The Labute approximate surface area is 162 Å². The van der Waals surface area contributed by atoms with Gasteiger partial charge in [0.2, 0.25) is 0 Å². The predicted molar refractivity (Wildman–Crippen MR) is 113 cm³/mol. The number of halogens is 1. The van der Waals surface area contributed by atoms with Gasteiger partial charge in [0.05, 0.1) is 11.0 Å². The van der Waals surface area contributed by atoms with E-state index < -0.39 is 0 Å². The highest BCUT2D eigenvalue weighted by atomic mass is 35.5. The topological polar surface area (TPSA) is 25.8 Å². The molecule has 0 saturated heterocycles. The molecule has 0 amide bonds. The maximum Gasteiger partial charge on any atom is 0.156 e. The molecule has 0 unspecified atom stereocenters. The lowest BCUT2D eigenvalue weighted by atomic mass is 10.0. The van der Waals surface area contributed by atoms with Crippen LogP contribution in [0, 0.1) is 0 Å². The molecule has 0 bridgehead atoms. The molecule has 0 saturated carbocycles. The quantitative estimate of drug-likeness (QED) is 0.322. The summed E-state index contributed by atoms with van der Waals surface area (Å²) in [6.07, 6.45) is 0. The van der Waals surface area contributed by atoms with Crippen LogP contribution >= 0.6 is 11.6 Å². The first-order valence-electron chi connectivity index (χ1n) is 8.80. The molecule has 5 rings (SSSR count). The fourth-order valence-corrected chi connectivity index (χ4v) is 3.64. The summed E-state index contributed by atoms with van der Waals surface area (Å²) in [6.45, 7) is 0. The molecule has 0 radical (unpaired) electrons. The van der Waals surface area contributed by atoms with Crippen molar-refractivity contribution in [2.45, 2.75) is 0 Å². The molecular weight excluding hydrogens is 352 g/mol. The zero-order chi connectivity index (χ0) is 18.2. The summed E-state index contributed by atoms with van der Waals surface area (Å²) in [5, 5.41) is 2.62. The smallest absolute Gasteiger partial charge is 0.156 e. The number of hydrogen-bond acceptors (Lipinski definition) is 2. The summed E-state index contributed by atoms with van der Waals surface area (Å²) >= 11 is 6.52. The molecule has 0 N–H and O–H groups in total. The van der Waals surface area contributed by atoms with Crippen molar-refractivity contribution >= 4 is 33.4 Å². The highest BCUT2D eigenvalue weighted by Gasteiger charge is 2.11. The van der Waals surface area contributed by atoms with Crippen LogP contribution in [0.15, 0.2) is 91.0 Å². The minimum absolute atomic E-state index is 0.423. The van der Waals surface area contributed by atoms with E-state index in [4.69, 9.17) is 16.6 Å². The maximum absolute atomic E-state index is 6.52. The van der Waals surface area contributed by atoms with Crippen LogP contribution in [0.25, 0.3) is 44.2 Å². The molecule has 2 nitrogen and oxygen atoms in total. The van der Waals surface area contributed by atoms with Gasteiger partial charge < -0.3 is 0 Å². The molecule has 27 heavy (non-hydrogen) atoms. The van der Waals surface area contributed by atoms with E-state index in [1.54, 1.807) is 0 Å². The second-order valence-electron chi connectivity index (χ2n) is 6.46. The molecule has 0 spiro atoms. The van der Waals surface area contributed by atoms with Crippen molar-refractivity contribution in [1.82, 2.24) is 9.97 Å². The standard InChI is InChI=1S/C24H15ClN2/c25-24-22(19-12-10-17(11-13-19)16-6-2-1-3-7-16)26-21-15-14-18-8-4-5-9-20(18)23(21)27-24/h1-15H. The molecule has 0 aliphatic carbocycles. The maximum atomic E-state index is 6.52. The van der Waals surface area contributed by atoms with E-state index in [-0.39, 0.29) is 0 Å². The largest absolute Gasteiger partial charge is 0.243 e. The Morgan fingerprint density at radius 1 is 0.556 bits per heavy atom. The summed E-state index contributed by atoms with van der Waals surface area (Å²) < 4.78 is 0. The van der Waals surface area contributed by atoms with E-state index >= 15 is 0 Å². The third-order valence-corrected chi connectivity index (χ3v) is 5.05. The molecule has 3 heteroatoms. The van der Waals surface area contributed by atoms with Crippen LogP contribution in [0.3, 0.4) is 0 Å². The van der Waals surface area contributed by atoms with Gasteiger partial charge in [0, 0.05) is 10.9 Å². The van der Waals surface area contributed by atoms with Gasteiger partial charge in [0.25, 0.3) is 0 Å². The highest BCUT2D eigenvalue weighted by Crippen LogP contribution is 2.31. The highest BCUT2D eigenvalue weighted by molar-refractivity contribution is 6.32. The molecule has 4 aromatic carbocycles. The first kappa shape index (κ1) is 16.0. The Kier molecular flexibility index (Phi) is 3.84. The summed E-state index contributed by atoms with van der Waals surface area (Å²) in [7, 11) is 0. The van der Waals surface area contributed by atoms with Gasteiger partial charge in [-0.2, -0.15) is 0 Å². The van der Waals surface area contributed by atoms with Crippen molar-refractivity contribution in [3.8, 4) is 22.4 Å². The van der Waals surface area contributed by atoms with Crippen LogP contribution in [0.2, 0.25) is 5.15 Å². The van der Waals surface area contributed by atoms with Crippen LogP contribution in [-0.2, 0) is 0 Å². The van der Waals surface area contributed by atoms with E-state index in [9.17, 15) is 0 Å². The number of hydrogen-bond donors (Lipinski definition) is 0. The molecule has 0 atom stereocenters. The fourth-order valence-electron chi connectivity index (χ4n) is 3.40. The minimum Gasteiger partial charge on any atom is -0.243 e. The van der Waals surface area contributed by atoms with Gasteiger partial charge in [-0.15, -0.1) is 0 Å². The van der Waals surface area contributed by atoms with E-state index in [1.165, 1.54) is 5.56 Å². The first-order chi connectivity index (χ1) is 13.3. The molecule has 5 aromatic rings. The molecule has 0 aliphatic rings. The molecular formula is C24H15ClN2. The van der Waals surface area contributed by atoms with Gasteiger partial charge in [-0.05, 0) is 22.6 Å². The van der Waals surface area contributed by atoms with E-state index in [2.05, 4.69) is 47.4 Å². The van der Waals surface area contributed by atoms with E-state index in [0.29, 0.717) is 10.8 Å². The number of aromatic nitrogens is 2. The molecule has 128 valence electrons. The molecule has 1 aromatic heterocycles. The van der Waals surface area contributed by atoms with Gasteiger partial charge >= 0.3 is 0 Å². The van der Waals surface area contributed by atoms with Crippen LogP contribution in [-0.4, -0.2) is 9.97 Å². The van der Waals surface area contributed by atoms with Crippen molar-refractivity contribution in [3.05, 3.63) is 96.1 Å². The van der Waals surface area contributed by atoms with Crippen molar-refractivity contribution in [3.63, 3.8) is 0 Å². The number of fused-ring (bicyclic) bond motifs is 3. The molecule has 1 heterocycles. The summed E-state index contributed by atoms with van der Waals surface area (Å²) in [4.78, 5) is 9.47. The monoisotopic (exact) mass is 366 g/mol. The van der Waals surface area contributed by atoms with Gasteiger partial charge in [0.1, 0.15) is 5.69 Å². The van der Waals surface area contributed by atoms with Crippen LogP contribution in [0.5, 0.6) is 0 Å². The SMILES string of the molecule is Clc1nc2c(ccc3ccccc32)nc1-c1ccc(-c2ccccc2)cc1. The lowest BCUT2D eigenvalue weighted by Crippen LogP contribution is -1.92. The fraction of sp³-hybridized carbons (Fsp3) is 0. The average molecular weight is 367 g/mol. The molecule has 0 fully saturated rings. The summed E-state index contributed by atoms with van der Waals surface area (Å²) in [5.74, 6) is 0. The Bertz CT molecular complexity index is 1260. The Balaban J connectivity index is 1.62. The second kappa shape index (κ2) is 6.49. The second-order valence-corrected chi connectivity index (χ2v) is 6.82. The van der Waals surface area contributed by atoms with Gasteiger partial charge in [-0.3, -0.25) is 0 Å². The average Bonchev–Trinajstić information content (AvgIpc) is 2.74. The summed E-state index contributed by atoms with van der Waals surface area (Å²) in [6, 6.07) is 30.8. The van der Waals surface area contributed by atoms with Crippen molar-refractivity contribution in [1.29, 1.82) is 0 Å². The van der Waals surface area contributed by atoms with E-state index in [0.717, 1.165) is 32.9 Å². The number of rotatable bonds is 2. The number of benzene rings is 4. The first-order valence-corrected chi connectivity index (χ1v) is 9.18. The Morgan fingerprint density at radius 2 is 1.22 bits per heavy atom. The third-order valence-electron chi connectivity index (χ3n) is 4.78. The van der Waals surface area contributed by atoms with Crippen LogP contribution in [0.4, 0.5) is 0 Å². The molecule has 0 aliphatic heterocycles. The normalized spacial score (nSPS) is 11.1. The Morgan fingerprint density at radius 3 is 2.04 bits per heavy atom. The Hall–Kier alpha value is -3.23. The predicted octanol–water partition coefficient (Wildman–Crippen LogP) is 6.77. The van der Waals surface area contributed by atoms with E-state index in [1.807, 2.05) is 48.5 Å². The minimum atomic E-state index is 0.423. The van der Waals surface area contributed by atoms with Crippen LogP contribution < -0.4 is 0 Å². The lowest BCUT2D eigenvalue weighted by Gasteiger charge is -2.09. The van der Waals surface area contributed by atoms with Gasteiger partial charge in [0.15, 0.2) is 5.15 Å². The number of nitrogens with zero attached hydrogens (tertiary/aromatic N) is 2. The zero-order valence-electron chi connectivity index (χ0n) is 14.4. The van der Waals surface area contributed by atoms with Crippen LogP contribution in [0.1, 0.15) is 0 Å². The van der Waals surface area contributed by atoms with Crippen molar-refractivity contribution in [2.24, 2.45) is 0 Å². The van der Waals surface area contributed by atoms with Gasteiger partial charge in [-0.1, -0.05) is 96.5 Å². The third kappa shape index (κ3) is 2.84. The van der Waals surface area contributed by atoms with Crippen molar-refractivity contribution in [2.75, 3.05) is 0 Å².